The summed E-state index contributed by atoms with van der Waals surface area (Å²) in [6, 6.07) is 6.66. The first-order valence-electron chi connectivity index (χ1n) is 12.8. The highest BCUT2D eigenvalue weighted by molar-refractivity contribution is 8.93. The zero-order valence-corrected chi connectivity index (χ0v) is 25.7. The third-order valence-corrected chi connectivity index (χ3v) is 6.13. The van der Waals surface area contributed by atoms with Crippen LogP contribution in [-0.2, 0) is 16.8 Å². The Bertz CT molecular complexity index is 1300. The van der Waals surface area contributed by atoms with Crippen LogP contribution in [0.4, 0.5) is 0 Å². The van der Waals surface area contributed by atoms with Crippen molar-refractivity contribution in [1.82, 2.24) is 10.2 Å². The van der Waals surface area contributed by atoms with Gasteiger partial charge in [0, 0.05) is 30.3 Å². The molecule has 0 aliphatic carbocycles. The second kappa shape index (κ2) is 13.2. The molecule has 0 atom stereocenters. The van der Waals surface area contributed by atoms with Gasteiger partial charge in [-0.3, -0.25) is 15.0 Å². The first-order valence-corrected chi connectivity index (χ1v) is 12.8. The molecular weight excluding hydrogens is 582 g/mol. The summed E-state index contributed by atoms with van der Waals surface area (Å²) in [5.41, 5.74) is 2.21. The minimum Gasteiger partial charge on any atom is -0.493 e. The summed E-state index contributed by atoms with van der Waals surface area (Å²) in [4.78, 5) is 38.8. The standard InChI is InChI=1S/C29H37N3O7.BrH/c1-8-37-23-11-18-13-32(27(30)19(18)12-20(23)28(36)31-7)14-22(33)17-9-21(29(4,5)6)26(38-15-25(34)35)24(10-17)39-16(2)3;/h9-12,16,30H,8,13-15H2,1-7H3,(H,31,36)(H,34,35);1H. The van der Waals surface area contributed by atoms with E-state index in [1.165, 1.54) is 7.05 Å². The number of carboxylic acids is 1. The lowest BCUT2D eigenvalue weighted by atomic mass is 9.84. The van der Waals surface area contributed by atoms with Gasteiger partial charge in [-0.15, -0.1) is 17.0 Å². The number of carbonyl (C=O) groups is 3. The maximum atomic E-state index is 13.6. The van der Waals surface area contributed by atoms with Gasteiger partial charge in [0.2, 0.25) is 0 Å². The second-order valence-electron chi connectivity index (χ2n) is 10.6. The summed E-state index contributed by atoms with van der Waals surface area (Å²) in [5, 5.41) is 20.5. The topological polar surface area (TPSA) is 138 Å². The average Bonchev–Trinajstić information content (AvgIpc) is 3.14. The van der Waals surface area contributed by atoms with Crippen molar-refractivity contribution in [2.45, 2.75) is 59.6 Å². The van der Waals surface area contributed by atoms with Crippen molar-refractivity contribution in [2.24, 2.45) is 0 Å². The number of amidine groups is 1. The van der Waals surface area contributed by atoms with Crippen LogP contribution in [0, 0.1) is 5.41 Å². The van der Waals surface area contributed by atoms with Crippen molar-refractivity contribution in [3.63, 3.8) is 0 Å². The van der Waals surface area contributed by atoms with E-state index in [-0.39, 0.29) is 47.2 Å². The summed E-state index contributed by atoms with van der Waals surface area (Å²) in [6.07, 6.45) is -0.245. The van der Waals surface area contributed by atoms with E-state index in [9.17, 15) is 19.5 Å². The van der Waals surface area contributed by atoms with E-state index in [0.717, 1.165) is 5.56 Å². The van der Waals surface area contributed by atoms with Gasteiger partial charge < -0.3 is 29.5 Å². The lowest BCUT2D eigenvalue weighted by Gasteiger charge is -2.26. The Labute approximate surface area is 245 Å². The van der Waals surface area contributed by atoms with Crippen molar-refractivity contribution in [3.05, 3.63) is 52.1 Å². The number of hydrogen-bond acceptors (Lipinski definition) is 7. The molecule has 10 nitrogen and oxygen atoms in total. The van der Waals surface area contributed by atoms with E-state index in [4.69, 9.17) is 19.6 Å². The van der Waals surface area contributed by atoms with E-state index in [0.29, 0.717) is 52.7 Å². The van der Waals surface area contributed by atoms with Crippen molar-refractivity contribution >= 4 is 40.5 Å². The molecule has 0 saturated carbocycles. The molecule has 1 amide bonds. The van der Waals surface area contributed by atoms with E-state index in [1.807, 2.05) is 41.5 Å². The first kappa shape index (κ1) is 32.6. The number of hydrogen-bond donors (Lipinski definition) is 3. The van der Waals surface area contributed by atoms with E-state index in [2.05, 4.69) is 5.32 Å². The number of nitrogens with one attached hydrogen (secondary N) is 2. The molecule has 1 heterocycles. The van der Waals surface area contributed by atoms with E-state index in [1.54, 1.807) is 29.2 Å². The van der Waals surface area contributed by atoms with Crippen LogP contribution in [0.15, 0.2) is 24.3 Å². The van der Waals surface area contributed by atoms with Crippen LogP contribution in [0.2, 0.25) is 0 Å². The lowest BCUT2D eigenvalue weighted by molar-refractivity contribution is -0.139. The number of aliphatic carboxylic acids is 1. The second-order valence-corrected chi connectivity index (χ2v) is 10.6. The van der Waals surface area contributed by atoms with Crippen molar-refractivity contribution in [2.75, 3.05) is 26.8 Å². The molecular formula is C29H38BrN3O7. The van der Waals surface area contributed by atoms with Crippen LogP contribution in [-0.4, -0.2) is 66.4 Å². The van der Waals surface area contributed by atoms with E-state index < -0.39 is 18.0 Å². The van der Waals surface area contributed by atoms with Crippen LogP contribution >= 0.6 is 17.0 Å². The molecule has 2 aromatic carbocycles. The number of ketones is 1. The highest BCUT2D eigenvalue weighted by Crippen LogP contribution is 2.41. The molecule has 2 aromatic rings. The van der Waals surface area contributed by atoms with Crippen molar-refractivity contribution in [1.29, 1.82) is 5.41 Å². The number of carboxylic acid groups (broad SMARTS) is 1. The smallest absolute Gasteiger partial charge is 0.341 e. The largest absolute Gasteiger partial charge is 0.493 e. The van der Waals surface area contributed by atoms with Crippen LogP contribution in [0.3, 0.4) is 0 Å². The van der Waals surface area contributed by atoms with Gasteiger partial charge in [-0.25, -0.2) is 4.79 Å². The van der Waals surface area contributed by atoms with Crippen LogP contribution < -0.4 is 19.5 Å². The molecule has 0 unspecified atom stereocenters. The fourth-order valence-electron chi connectivity index (χ4n) is 4.36. The zero-order valence-electron chi connectivity index (χ0n) is 24.0. The predicted molar refractivity (Wildman–Crippen MR) is 157 cm³/mol. The van der Waals surface area contributed by atoms with Gasteiger partial charge in [0.25, 0.3) is 5.91 Å². The highest BCUT2D eigenvalue weighted by atomic mass is 79.9. The summed E-state index contributed by atoms with van der Waals surface area (Å²) in [6.45, 7) is 11.4. The minimum atomic E-state index is -1.12. The summed E-state index contributed by atoms with van der Waals surface area (Å²) >= 11 is 0. The van der Waals surface area contributed by atoms with Gasteiger partial charge in [0.05, 0.1) is 24.8 Å². The van der Waals surface area contributed by atoms with Gasteiger partial charge in [-0.1, -0.05) is 20.8 Å². The fraction of sp³-hybridized carbons (Fsp3) is 0.448. The third-order valence-electron chi connectivity index (χ3n) is 6.13. The zero-order chi connectivity index (χ0) is 29.1. The Morgan fingerprint density at radius 1 is 1.10 bits per heavy atom. The third kappa shape index (κ3) is 7.32. The molecule has 218 valence electrons. The van der Waals surface area contributed by atoms with Gasteiger partial charge in [0.15, 0.2) is 23.9 Å². The average molecular weight is 621 g/mol. The number of amides is 1. The highest BCUT2D eigenvalue weighted by Gasteiger charge is 2.31. The Hall–Kier alpha value is -3.60. The maximum absolute atomic E-state index is 13.6. The van der Waals surface area contributed by atoms with Crippen molar-refractivity contribution in [3.8, 4) is 17.2 Å². The molecule has 0 spiro atoms. The number of fused-ring (bicyclic) bond motifs is 1. The van der Waals surface area contributed by atoms with Gasteiger partial charge in [-0.2, -0.15) is 0 Å². The monoisotopic (exact) mass is 619 g/mol. The summed E-state index contributed by atoms with van der Waals surface area (Å²) < 4.78 is 17.2. The Balaban J connectivity index is 0.00000560. The molecule has 3 N–H and O–H groups in total. The molecule has 1 aliphatic rings. The summed E-state index contributed by atoms with van der Waals surface area (Å²) in [5.74, 6) is -0.527. The molecule has 40 heavy (non-hydrogen) atoms. The van der Waals surface area contributed by atoms with Crippen LogP contribution in [0.1, 0.15) is 78.9 Å². The molecule has 0 aromatic heterocycles. The summed E-state index contributed by atoms with van der Waals surface area (Å²) in [7, 11) is 1.53. The quantitative estimate of drug-likeness (QED) is 0.310. The minimum absolute atomic E-state index is 0. The number of halogens is 1. The molecule has 11 heteroatoms. The number of ether oxygens (including phenoxy) is 3. The van der Waals surface area contributed by atoms with Gasteiger partial charge >= 0.3 is 5.97 Å². The molecule has 3 rings (SSSR count). The Morgan fingerprint density at radius 2 is 1.77 bits per heavy atom. The van der Waals surface area contributed by atoms with Crippen LogP contribution in [0.5, 0.6) is 17.2 Å². The molecule has 0 saturated heterocycles. The first-order chi connectivity index (χ1) is 18.3. The van der Waals surface area contributed by atoms with Crippen molar-refractivity contribution < 1.29 is 33.7 Å². The fourth-order valence-corrected chi connectivity index (χ4v) is 4.36. The van der Waals surface area contributed by atoms with E-state index >= 15 is 0 Å². The number of Topliss-reactive ketones (excluding diaryl/α,β-unsaturated/α-hetero) is 1. The molecule has 0 fully saturated rings. The number of carbonyl (C=O) groups excluding carboxylic acids is 2. The Morgan fingerprint density at radius 3 is 2.33 bits per heavy atom. The van der Waals surface area contributed by atoms with Gasteiger partial charge in [-0.05, 0) is 56.0 Å². The van der Waals surface area contributed by atoms with Gasteiger partial charge in [0.1, 0.15) is 11.6 Å². The number of rotatable bonds is 11. The molecule has 1 aliphatic heterocycles. The molecule has 0 bridgehead atoms. The number of nitrogens with zero attached hydrogens (tertiary/aromatic N) is 1. The lowest BCUT2D eigenvalue weighted by Crippen LogP contribution is -2.30. The Kier molecular flexibility index (Phi) is 10.7. The SMILES string of the molecule is Br.CCOc1cc2c(cc1C(=O)NC)C(=N)N(CC(=O)c1cc(OC(C)C)c(OCC(=O)O)c(C(C)(C)C)c1)C2. The van der Waals surface area contributed by atoms with Crippen LogP contribution in [0.25, 0.3) is 0 Å². The normalized spacial score (nSPS) is 12.5. The maximum Gasteiger partial charge on any atom is 0.341 e. The number of benzene rings is 2. The predicted octanol–water partition coefficient (Wildman–Crippen LogP) is 4.59. The molecule has 0 radical (unpaired) electrons.